The molecular weight excluding hydrogens is 404 g/mol. The van der Waals surface area contributed by atoms with E-state index in [2.05, 4.69) is 10.6 Å². The van der Waals surface area contributed by atoms with E-state index in [0.29, 0.717) is 0 Å². The predicted octanol–water partition coefficient (Wildman–Crippen LogP) is 1.20. The van der Waals surface area contributed by atoms with Gasteiger partial charge in [0, 0.05) is 11.6 Å². The predicted molar refractivity (Wildman–Crippen MR) is 112 cm³/mol. The van der Waals surface area contributed by atoms with Crippen molar-refractivity contribution in [1.29, 1.82) is 5.26 Å². The molecule has 0 heterocycles. The highest BCUT2D eigenvalue weighted by atomic mass is 16.6. The fourth-order valence-electron chi connectivity index (χ4n) is 2.74. The number of benzene rings is 1. The number of amides is 3. The fraction of sp³-hybridized carbons (Fsp3) is 0.524. The molecule has 0 bridgehead atoms. The number of nitriles is 1. The van der Waals surface area contributed by atoms with Gasteiger partial charge in [-0.15, -0.1) is 0 Å². The molecule has 0 fully saturated rings. The van der Waals surface area contributed by atoms with Gasteiger partial charge in [-0.1, -0.05) is 18.2 Å². The van der Waals surface area contributed by atoms with Crippen molar-refractivity contribution in [2.45, 2.75) is 58.3 Å². The van der Waals surface area contributed by atoms with Crippen LogP contribution < -0.4 is 10.6 Å². The molecule has 0 saturated carbocycles. The summed E-state index contributed by atoms with van der Waals surface area (Å²) in [6.45, 7) is 7.02. The molecule has 2 atom stereocenters. The molecule has 4 N–H and O–H groups in total. The Bertz CT molecular complexity index is 828. The second kappa shape index (κ2) is 11.2. The van der Waals surface area contributed by atoms with Crippen LogP contribution in [-0.2, 0) is 14.3 Å². The third-order valence-electron chi connectivity index (χ3n) is 3.92. The topological polar surface area (TPSA) is 152 Å². The Hall–Kier alpha value is -3.32. The summed E-state index contributed by atoms with van der Waals surface area (Å²) in [7, 11) is 0. The molecule has 0 aliphatic carbocycles. The number of carbonyl (C=O) groups excluding carboxylic acids is 3. The molecule has 2 unspecified atom stereocenters. The van der Waals surface area contributed by atoms with Gasteiger partial charge in [0.1, 0.15) is 30.0 Å². The first-order chi connectivity index (χ1) is 14.4. The Morgan fingerprint density at radius 3 is 2.29 bits per heavy atom. The maximum atomic E-state index is 13.2. The van der Waals surface area contributed by atoms with Crippen molar-refractivity contribution in [1.82, 2.24) is 15.5 Å². The Morgan fingerprint density at radius 2 is 1.81 bits per heavy atom. The van der Waals surface area contributed by atoms with E-state index in [4.69, 9.17) is 4.74 Å². The number of ether oxygens (including phenoxy) is 1. The molecule has 10 nitrogen and oxygen atoms in total. The summed E-state index contributed by atoms with van der Waals surface area (Å²) >= 11 is 0. The number of aromatic hydroxyl groups is 1. The molecule has 0 aliphatic heterocycles. The lowest BCUT2D eigenvalue weighted by molar-refractivity contribution is -0.142. The third kappa shape index (κ3) is 7.79. The fourth-order valence-corrected chi connectivity index (χ4v) is 2.74. The van der Waals surface area contributed by atoms with Gasteiger partial charge in [-0.3, -0.25) is 9.59 Å². The number of rotatable bonds is 8. The first-order valence-corrected chi connectivity index (χ1v) is 9.77. The van der Waals surface area contributed by atoms with Crippen molar-refractivity contribution in [3.8, 4) is 11.8 Å². The van der Waals surface area contributed by atoms with E-state index < -0.39 is 48.7 Å². The molecule has 10 heteroatoms. The second-order valence-corrected chi connectivity index (χ2v) is 8.13. The molecule has 3 amide bonds. The Kier molecular flexibility index (Phi) is 9.27. The molecule has 0 radical (unpaired) electrons. The number of phenols is 1. The normalized spacial score (nSPS) is 13.0. The lowest BCUT2D eigenvalue weighted by Crippen LogP contribution is -2.54. The van der Waals surface area contributed by atoms with E-state index in [-0.39, 0.29) is 17.4 Å². The van der Waals surface area contributed by atoms with E-state index >= 15 is 0 Å². The molecule has 0 spiro atoms. The summed E-state index contributed by atoms with van der Waals surface area (Å²) < 4.78 is 5.11. The van der Waals surface area contributed by atoms with Crippen LogP contribution in [0.25, 0.3) is 0 Å². The number of hydrogen-bond donors (Lipinski definition) is 4. The van der Waals surface area contributed by atoms with Crippen molar-refractivity contribution < 1.29 is 29.3 Å². The average Bonchev–Trinajstić information content (AvgIpc) is 2.64. The number of para-hydroxylation sites is 1. The highest BCUT2D eigenvalue weighted by molar-refractivity contribution is 5.92. The molecule has 0 aliphatic rings. The van der Waals surface area contributed by atoms with Gasteiger partial charge in [0.25, 0.3) is 0 Å². The molecule has 170 valence electrons. The number of nitrogens with zero attached hydrogens (tertiary/aromatic N) is 2. The lowest BCUT2D eigenvalue weighted by Gasteiger charge is -2.33. The number of aliphatic hydroxyl groups is 1. The first kappa shape index (κ1) is 25.7. The molecule has 1 rings (SSSR count). The Labute approximate surface area is 181 Å². The quantitative estimate of drug-likeness (QED) is 0.449. The van der Waals surface area contributed by atoms with Crippen molar-refractivity contribution in [2.24, 2.45) is 0 Å². The van der Waals surface area contributed by atoms with Gasteiger partial charge in [-0.05, 0) is 40.7 Å². The van der Waals surface area contributed by atoms with Crippen LogP contribution in [-0.4, -0.2) is 63.9 Å². The van der Waals surface area contributed by atoms with Crippen molar-refractivity contribution in [3.63, 3.8) is 0 Å². The van der Waals surface area contributed by atoms with Crippen LogP contribution in [0, 0.1) is 11.3 Å². The number of hydrogen-bond acceptors (Lipinski definition) is 7. The zero-order valence-electron chi connectivity index (χ0n) is 18.4. The van der Waals surface area contributed by atoms with Crippen LogP contribution in [0.15, 0.2) is 24.3 Å². The van der Waals surface area contributed by atoms with Crippen LogP contribution in [0.1, 0.15) is 46.2 Å². The van der Waals surface area contributed by atoms with Crippen molar-refractivity contribution in [2.75, 3.05) is 13.2 Å². The third-order valence-corrected chi connectivity index (χ3v) is 3.92. The standard InChI is InChI=1S/C21H30N4O6/c1-13(2)23-18(28)17(14-8-6-7-9-16(14)27)25(11-10-22)19(29)15(12-26)24-20(30)31-21(3,4)5/h6-9,13,15,17,26-27H,11-12H2,1-5H3,(H,23,28)(H,24,30). The van der Waals surface area contributed by atoms with Gasteiger partial charge in [0.15, 0.2) is 0 Å². The van der Waals surface area contributed by atoms with Crippen molar-refractivity contribution >= 4 is 17.9 Å². The summed E-state index contributed by atoms with van der Waals surface area (Å²) in [6.07, 6.45) is -0.942. The highest BCUT2D eigenvalue weighted by Crippen LogP contribution is 2.29. The summed E-state index contributed by atoms with van der Waals surface area (Å²) in [6, 6.07) is 4.61. The maximum Gasteiger partial charge on any atom is 0.408 e. The molecule has 0 saturated heterocycles. The van der Waals surface area contributed by atoms with E-state index in [0.717, 1.165) is 4.90 Å². The van der Waals surface area contributed by atoms with Gasteiger partial charge >= 0.3 is 6.09 Å². The van der Waals surface area contributed by atoms with Gasteiger partial charge in [0.05, 0.1) is 12.7 Å². The summed E-state index contributed by atoms with van der Waals surface area (Å²) in [5, 5.41) is 34.2. The van der Waals surface area contributed by atoms with E-state index in [1.807, 2.05) is 6.07 Å². The highest BCUT2D eigenvalue weighted by Gasteiger charge is 2.37. The maximum absolute atomic E-state index is 13.2. The van der Waals surface area contributed by atoms with E-state index in [1.165, 1.54) is 12.1 Å². The van der Waals surface area contributed by atoms with E-state index in [9.17, 15) is 29.9 Å². The van der Waals surface area contributed by atoms with Crippen LogP contribution in [0.2, 0.25) is 0 Å². The molecule has 0 aromatic heterocycles. The van der Waals surface area contributed by atoms with Gasteiger partial charge in [-0.25, -0.2) is 4.79 Å². The number of phenolic OH excluding ortho intramolecular Hbond substituents is 1. The minimum absolute atomic E-state index is 0.0956. The summed E-state index contributed by atoms with van der Waals surface area (Å²) in [4.78, 5) is 39.1. The number of alkyl carbamates (subject to hydrolysis) is 1. The van der Waals surface area contributed by atoms with E-state index in [1.54, 1.807) is 46.8 Å². The lowest BCUT2D eigenvalue weighted by atomic mass is 10.0. The monoisotopic (exact) mass is 434 g/mol. The minimum atomic E-state index is -1.47. The van der Waals surface area contributed by atoms with Crippen LogP contribution in [0.4, 0.5) is 4.79 Å². The Balaban J connectivity index is 3.34. The van der Waals surface area contributed by atoms with Gasteiger partial charge < -0.3 is 30.5 Å². The van der Waals surface area contributed by atoms with Crippen molar-refractivity contribution in [3.05, 3.63) is 29.8 Å². The molecular formula is C21H30N4O6. The van der Waals surface area contributed by atoms with Gasteiger partial charge in [-0.2, -0.15) is 5.26 Å². The largest absolute Gasteiger partial charge is 0.508 e. The van der Waals surface area contributed by atoms with Crippen LogP contribution >= 0.6 is 0 Å². The molecule has 1 aromatic rings. The molecule has 31 heavy (non-hydrogen) atoms. The minimum Gasteiger partial charge on any atom is -0.508 e. The average molecular weight is 434 g/mol. The number of aliphatic hydroxyl groups excluding tert-OH is 1. The van der Waals surface area contributed by atoms with Gasteiger partial charge in [0.2, 0.25) is 11.8 Å². The van der Waals surface area contributed by atoms with Crippen LogP contribution in [0.5, 0.6) is 5.75 Å². The SMILES string of the molecule is CC(C)NC(=O)C(c1ccccc1O)N(CC#N)C(=O)C(CO)NC(=O)OC(C)(C)C. The Morgan fingerprint density at radius 1 is 1.19 bits per heavy atom. The molecule has 1 aromatic carbocycles. The van der Waals surface area contributed by atoms with Crippen LogP contribution in [0.3, 0.4) is 0 Å². The summed E-state index contributed by atoms with van der Waals surface area (Å²) in [5.74, 6) is -1.76. The zero-order valence-corrected chi connectivity index (χ0v) is 18.4. The first-order valence-electron chi connectivity index (χ1n) is 9.77. The number of carbonyl (C=O) groups is 3. The second-order valence-electron chi connectivity index (χ2n) is 8.13. The zero-order chi connectivity index (χ0) is 23.8. The summed E-state index contributed by atoms with van der Waals surface area (Å²) in [5.41, 5.74) is -0.743. The number of nitrogens with one attached hydrogen (secondary N) is 2. The smallest absolute Gasteiger partial charge is 0.408 e.